The van der Waals surface area contributed by atoms with Gasteiger partial charge in [-0.2, -0.15) is 0 Å². The van der Waals surface area contributed by atoms with Crippen molar-refractivity contribution in [2.24, 2.45) is 0 Å². The Morgan fingerprint density at radius 2 is 1.82 bits per heavy atom. The fourth-order valence-electron chi connectivity index (χ4n) is 2.48. The molecule has 0 saturated carbocycles. The average Bonchev–Trinajstić information content (AvgIpc) is 2.43. The lowest BCUT2D eigenvalue weighted by Crippen LogP contribution is -2.52. The number of nitrogens with one attached hydrogen (secondary N) is 1. The highest BCUT2D eigenvalue weighted by molar-refractivity contribution is 5.77. The van der Waals surface area contributed by atoms with Crippen LogP contribution in [0.2, 0.25) is 0 Å². The normalized spacial score (nSPS) is 17.8. The van der Waals surface area contributed by atoms with Gasteiger partial charge in [-0.3, -0.25) is 14.5 Å². The quantitative estimate of drug-likeness (QED) is 0.715. The number of nitrogens with zero attached hydrogens (tertiary/aromatic N) is 1. The van der Waals surface area contributed by atoms with Crippen molar-refractivity contribution in [3.63, 3.8) is 0 Å². The molecule has 1 rings (SSSR count). The standard InChI is InChI=1S/C16H30N2O4/c1-5-21-14(19)12-17-11-13(15(20)22-16(2,3)4)18-9-7-6-8-10-18/h13,17H,5-12H2,1-4H3. The summed E-state index contributed by atoms with van der Waals surface area (Å²) < 4.78 is 10.4. The zero-order valence-electron chi connectivity index (χ0n) is 14.3. The number of esters is 2. The molecule has 1 atom stereocenters. The van der Waals surface area contributed by atoms with E-state index in [1.165, 1.54) is 6.42 Å². The molecule has 22 heavy (non-hydrogen) atoms. The summed E-state index contributed by atoms with van der Waals surface area (Å²) >= 11 is 0. The Morgan fingerprint density at radius 1 is 1.18 bits per heavy atom. The average molecular weight is 314 g/mol. The van der Waals surface area contributed by atoms with Crippen LogP contribution in [0.5, 0.6) is 0 Å². The minimum atomic E-state index is -0.508. The minimum Gasteiger partial charge on any atom is -0.465 e. The van der Waals surface area contributed by atoms with Crippen LogP contribution < -0.4 is 5.32 Å². The predicted molar refractivity (Wildman–Crippen MR) is 84.6 cm³/mol. The van der Waals surface area contributed by atoms with Crippen molar-refractivity contribution in [3.05, 3.63) is 0 Å². The van der Waals surface area contributed by atoms with E-state index >= 15 is 0 Å². The maximum absolute atomic E-state index is 12.4. The van der Waals surface area contributed by atoms with Gasteiger partial charge in [0.05, 0.1) is 13.2 Å². The van der Waals surface area contributed by atoms with Crippen LogP contribution in [-0.2, 0) is 19.1 Å². The SMILES string of the molecule is CCOC(=O)CNCC(C(=O)OC(C)(C)C)N1CCCCC1. The Kier molecular flexibility index (Phi) is 7.82. The summed E-state index contributed by atoms with van der Waals surface area (Å²) in [5.41, 5.74) is -0.508. The van der Waals surface area contributed by atoms with Crippen molar-refractivity contribution >= 4 is 11.9 Å². The van der Waals surface area contributed by atoms with Gasteiger partial charge < -0.3 is 14.8 Å². The Bertz CT molecular complexity index is 360. The van der Waals surface area contributed by atoms with E-state index in [2.05, 4.69) is 10.2 Å². The molecule has 1 heterocycles. The Hall–Kier alpha value is -1.14. The number of hydrogen-bond acceptors (Lipinski definition) is 6. The molecular formula is C16H30N2O4. The van der Waals surface area contributed by atoms with Crippen LogP contribution >= 0.6 is 0 Å². The summed E-state index contributed by atoms with van der Waals surface area (Å²) in [6.07, 6.45) is 3.39. The summed E-state index contributed by atoms with van der Waals surface area (Å²) in [6.45, 7) is 10.0. The molecule has 0 aliphatic carbocycles. The van der Waals surface area contributed by atoms with Crippen molar-refractivity contribution in [1.82, 2.24) is 10.2 Å². The molecule has 128 valence electrons. The molecule has 6 heteroatoms. The highest BCUT2D eigenvalue weighted by Crippen LogP contribution is 2.16. The maximum atomic E-state index is 12.4. The molecule has 6 nitrogen and oxygen atoms in total. The molecule has 1 saturated heterocycles. The predicted octanol–water partition coefficient (Wildman–Crippen LogP) is 1.34. The van der Waals surface area contributed by atoms with Crippen LogP contribution in [0, 0.1) is 0 Å². The molecule has 1 aliphatic heterocycles. The summed E-state index contributed by atoms with van der Waals surface area (Å²) in [7, 11) is 0. The van der Waals surface area contributed by atoms with Gasteiger partial charge in [0.25, 0.3) is 0 Å². The molecule has 1 unspecified atom stereocenters. The number of hydrogen-bond donors (Lipinski definition) is 1. The zero-order chi connectivity index (χ0) is 16.6. The van der Waals surface area contributed by atoms with Crippen molar-refractivity contribution in [1.29, 1.82) is 0 Å². The zero-order valence-corrected chi connectivity index (χ0v) is 14.3. The smallest absolute Gasteiger partial charge is 0.325 e. The lowest BCUT2D eigenvalue weighted by Gasteiger charge is -2.34. The third-order valence-electron chi connectivity index (χ3n) is 3.42. The Labute approximate surface area is 133 Å². The van der Waals surface area contributed by atoms with Crippen LogP contribution in [0.15, 0.2) is 0 Å². The highest BCUT2D eigenvalue weighted by atomic mass is 16.6. The minimum absolute atomic E-state index is 0.112. The maximum Gasteiger partial charge on any atom is 0.325 e. The topological polar surface area (TPSA) is 67.9 Å². The molecular weight excluding hydrogens is 284 g/mol. The van der Waals surface area contributed by atoms with E-state index in [1.807, 2.05) is 20.8 Å². The summed E-state index contributed by atoms with van der Waals surface area (Å²) in [5, 5.41) is 3.02. The van der Waals surface area contributed by atoms with E-state index in [0.717, 1.165) is 25.9 Å². The molecule has 0 aromatic rings. The van der Waals surface area contributed by atoms with E-state index < -0.39 is 5.60 Å². The van der Waals surface area contributed by atoms with Gasteiger partial charge in [-0.05, 0) is 53.6 Å². The fraction of sp³-hybridized carbons (Fsp3) is 0.875. The first-order valence-corrected chi connectivity index (χ1v) is 8.16. The van der Waals surface area contributed by atoms with E-state index in [1.54, 1.807) is 6.92 Å². The highest BCUT2D eigenvalue weighted by Gasteiger charge is 2.31. The van der Waals surface area contributed by atoms with E-state index in [-0.39, 0.29) is 24.5 Å². The largest absolute Gasteiger partial charge is 0.465 e. The fourth-order valence-corrected chi connectivity index (χ4v) is 2.48. The number of carbonyl (C=O) groups excluding carboxylic acids is 2. The van der Waals surface area contributed by atoms with E-state index in [0.29, 0.717) is 13.2 Å². The lowest BCUT2D eigenvalue weighted by atomic mass is 10.1. The van der Waals surface area contributed by atoms with Gasteiger partial charge in [0, 0.05) is 6.54 Å². The van der Waals surface area contributed by atoms with Crippen molar-refractivity contribution in [2.75, 3.05) is 32.8 Å². The number of likely N-dealkylation sites (tertiary alicyclic amines) is 1. The second-order valence-electron chi connectivity index (χ2n) is 6.58. The number of ether oxygens (including phenoxy) is 2. The monoisotopic (exact) mass is 314 g/mol. The van der Waals surface area contributed by atoms with E-state index in [4.69, 9.17) is 9.47 Å². The van der Waals surface area contributed by atoms with Crippen molar-refractivity contribution in [3.8, 4) is 0 Å². The molecule has 0 bridgehead atoms. The van der Waals surface area contributed by atoms with Gasteiger partial charge >= 0.3 is 11.9 Å². The van der Waals surface area contributed by atoms with Gasteiger partial charge in [-0.25, -0.2) is 0 Å². The Balaban J connectivity index is 2.57. The van der Waals surface area contributed by atoms with Crippen LogP contribution in [-0.4, -0.2) is 61.3 Å². The summed E-state index contributed by atoms with van der Waals surface area (Å²) in [4.78, 5) is 26.0. The number of rotatable bonds is 7. The number of piperidine rings is 1. The van der Waals surface area contributed by atoms with E-state index in [9.17, 15) is 9.59 Å². The van der Waals surface area contributed by atoms with Crippen molar-refractivity contribution in [2.45, 2.75) is 58.6 Å². The molecule has 0 spiro atoms. The second-order valence-corrected chi connectivity index (χ2v) is 6.58. The van der Waals surface area contributed by atoms with Gasteiger partial charge in [-0.1, -0.05) is 6.42 Å². The van der Waals surface area contributed by atoms with Gasteiger partial charge in [0.15, 0.2) is 0 Å². The summed E-state index contributed by atoms with van der Waals surface area (Å²) in [5.74, 6) is -0.533. The first kappa shape index (κ1) is 18.9. The molecule has 0 aromatic heterocycles. The van der Waals surface area contributed by atoms with Crippen LogP contribution in [0.3, 0.4) is 0 Å². The first-order valence-electron chi connectivity index (χ1n) is 8.16. The molecule has 0 aromatic carbocycles. The van der Waals surface area contributed by atoms with Crippen LogP contribution in [0.25, 0.3) is 0 Å². The molecule has 1 fully saturated rings. The lowest BCUT2D eigenvalue weighted by molar-refractivity contribution is -0.162. The molecule has 0 amide bonds. The third kappa shape index (κ3) is 7.22. The summed E-state index contributed by atoms with van der Waals surface area (Å²) in [6, 6.07) is -0.353. The Morgan fingerprint density at radius 3 is 2.36 bits per heavy atom. The first-order chi connectivity index (χ1) is 10.3. The number of carbonyl (C=O) groups is 2. The second kappa shape index (κ2) is 9.10. The van der Waals surface area contributed by atoms with Crippen LogP contribution in [0.4, 0.5) is 0 Å². The van der Waals surface area contributed by atoms with Gasteiger partial charge in [-0.15, -0.1) is 0 Å². The molecule has 1 N–H and O–H groups in total. The van der Waals surface area contributed by atoms with Gasteiger partial charge in [0.1, 0.15) is 11.6 Å². The van der Waals surface area contributed by atoms with Crippen molar-refractivity contribution < 1.29 is 19.1 Å². The van der Waals surface area contributed by atoms with Crippen LogP contribution in [0.1, 0.15) is 47.0 Å². The molecule has 0 radical (unpaired) electrons. The van der Waals surface area contributed by atoms with Gasteiger partial charge in [0.2, 0.25) is 0 Å². The third-order valence-corrected chi connectivity index (χ3v) is 3.42. The molecule has 1 aliphatic rings.